The second kappa shape index (κ2) is 4.02. The van der Waals surface area contributed by atoms with Crippen LogP contribution in [-0.2, 0) is 4.79 Å². The van der Waals surface area contributed by atoms with Gasteiger partial charge in [-0.25, -0.2) is 0 Å². The van der Waals surface area contributed by atoms with Gasteiger partial charge in [0.2, 0.25) is 5.91 Å². The monoisotopic (exact) mass is 151 g/mol. The van der Waals surface area contributed by atoms with Crippen molar-refractivity contribution in [2.24, 2.45) is 5.92 Å². The predicted octanol–water partition coefficient (Wildman–Crippen LogP) is 0.926. The number of terminal acetylenes is 1. The van der Waals surface area contributed by atoms with E-state index in [0.29, 0.717) is 0 Å². The largest absolute Gasteiger partial charge is 0.356 e. The minimum atomic E-state index is 0.180. The fourth-order valence-corrected chi connectivity index (χ4v) is 1.37. The summed E-state index contributed by atoms with van der Waals surface area (Å²) in [5.41, 5.74) is 0. The molecule has 1 amide bonds. The first-order valence-corrected chi connectivity index (χ1v) is 4.06. The molecular formula is C9H13NO. The number of piperidine rings is 1. The van der Waals surface area contributed by atoms with Crippen molar-refractivity contribution in [3.63, 3.8) is 0 Å². The molecule has 1 aliphatic heterocycles. The fraction of sp³-hybridized carbons (Fsp3) is 0.667. The Kier molecular flexibility index (Phi) is 2.97. The third-order valence-corrected chi connectivity index (χ3v) is 2.04. The van der Waals surface area contributed by atoms with Crippen LogP contribution in [0.1, 0.15) is 25.7 Å². The average Bonchev–Trinajstić information content (AvgIpc) is 2.03. The number of carbonyl (C=O) groups is 1. The minimum absolute atomic E-state index is 0.180. The van der Waals surface area contributed by atoms with E-state index in [9.17, 15) is 4.79 Å². The fourth-order valence-electron chi connectivity index (χ4n) is 1.37. The molecule has 1 fully saturated rings. The van der Waals surface area contributed by atoms with Gasteiger partial charge in [0.15, 0.2) is 0 Å². The number of amides is 1. The van der Waals surface area contributed by atoms with Gasteiger partial charge in [-0.05, 0) is 19.3 Å². The summed E-state index contributed by atoms with van der Waals surface area (Å²) >= 11 is 0. The van der Waals surface area contributed by atoms with E-state index >= 15 is 0 Å². The Morgan fingerprint density at radius 2 is 2.55 bits per heavy atom. The van der Waals surface area contributed by atoms with E-state index in [1.807, 2.05) is 0 Å². The molecule has 1 aliphatic rings. The summed E-state index contributed by atoms with van der Waals surface area (Å²) in [4.78, 5) is 11.1. The molecule has 11 heavy (non-hydrogen) atoms. The molecule has 0 spiro atoms. The molecule has 0 radical (unpaired) electrons. The van der Waals surface area contributed by atoms with Crippen LogP contribution in [-0.4, -0.2) is 12.5 Å². The maximum atomic E-state index is 11.1. The quantitative estimate of drug-likeness (QED) is 0.584. The second-order valence-corrected chi connectivity index (χ2v) is 2.87. The Morgan fingerprint density at radius 1 is 1.73 bits per heavy atom. The van der Waals surface area contributed by atoms with Gasteiger partial charge in [-0.1, -0.05) is 0 Å². The van der Waals surface area contributed by atoms with E-state index in [4.69, 9.17) is 6.42 Å². The predicted molar refractivity (Wildman–Crippen MR) is 43.8 cm³/mol. The highest BCUT2D eigenvalue weighted by atomic mass is 16.1. The second-order valence-electron chi connectivity index (χ2n) is 2.87. The standard InChI is InChI=1S/C9H13NO/c1-2-3-5-8-6-4-7-10-9(8)11/h1,8H,3-7H2,(H,10,11). The van der Waals surface area contributed by atoms with Crippen molar-refractivity contribution in [2.75, 3.05) is 6.54 Å². The van der Waals surface area contributed by atoms with Crippen molar-refractivity contribution in [3.05, 3.63) is 0 Å². The van der Waals surface area contributed by atoms with Crippen LogP contribution in [0.5, 0.6) is 0 Å². The number of hydrogen-bond donors (Lipinski definition) is 1. The Bertz CT molecular complexity index is 180. The average molecular weight is 151 g/mol. The molecule has 1 rings (SSSR count). The lowest BCUT2D eigenvalue weighted by Crippen LogP contribution is -2.36. The summed E-state index contributed by atoms with van der Waals surface area (Å²) in [5, 5.41) is 2.83. The van der Waals surface area contributed by atoms with Gasteiger partial charge >= 0.3 is 0 Å². The molecule has 2 nitrogen and oxygen atoms in total. The van der Waals surface area contributed by atoms with Gasteiger partial charge in [0, 0.05) is 18.9 Å². The summed E-state index contributed by atoms with van der Waals surface area (Å²) in [6.45, 7) is 0.839. The maximum absolute atomic E-state index is 11.1. The van der Waals surface area contributed by atoms with E-state index in [-0.39, 0.29) is 11.8 Å². The molecule has 1 atom stereocenters. The molecule has 0 bridgehead atoms. The van der Waals surface area contributed by atoms with Crippen LogP contribution in [0.15, 0.2) is 0 Å². The third kappa shape index (κ3) is 2.27. The molecule has 2 heteroatoms. The lowest BCUT2D eigenvalue weighted by molar-refractivity contribution is -0.126. The first-order valence-electron chi connectivity index (χ1n) is 4.06. The number of carbonyl (C=O) groups excluding carboxylic acids is 1. The molecule has 0 aromatic rings. The first kappa shape index (κ1) is 8.13. The SMILES string of the molecule is C#CCCC1CCCNC1=O. The zero-order valence-electron chi connectivity index (χ0n) is 6.60. The van der Waals surface area contributed by atoms with E-state index in [2.05, 4.69) is 11.2 Å². The van der Waals surface area contributed by atoms with Crippen molar-refractivity contribution in [3.8, 4) is 12.3 Å². The van der Waals surface area contributed by atoms with Crippen molar-refractivity contribution in [1.29, 1.82) is 0 Å². The Labute approximate surface area is 67.4 Å². The number of nitrogens with one attached hydrogen (secondary N) is 1. The van der Waals surface area contributed by atoms with Crippen molar-refractivity contribution >= 4 is 5.91 Å². The third-order valence-electron chi connectivity index (χ3n) is 2.04. The van der Waals surface area contributed by atoms with Crippen LogP contribution in [0, 0.1) is 18.3 Å². The highest BCUT2D eigenvalue weighted by Crippen LogP contribution is 2.16. The van der Waals surface area contributed by atoms with Crippen molar-refractivity contribution in [2.45, 2.75) is 25.7 Å². The normalized spacial score (nSPS) is 23.9. The molecular weight excluding hydrogens is 138 g/mol. The van der Waals surface area contributed by atoms with Crippen LogP contribution in [0.25, 0.3) is 0 Å². The van der Waals surface area contributed by atoms with Crippen LogP contribution in [0.2, 0.25) is 0 Å². The molecule has 1 heterocycles. The van der Waals surface area contributed by atoms with Gasteiger partial charge in [-0.3, -0.25) is 4.79 Å². The van der Waals surface area contributed by atoms with Gasteiger partial charge in [0.1, 0.15) is 0 Å². The Hall–Kier alpha value is -0.970. The van der Waals surface area contributed by atoms with E-state index in [1.165, 1.54) is 0 Å². The van der Waals surface area contributed by atoms with Crippen LogP contribution in [0.3, 0.4) is 0 Å². The molecule has 0 aliphatic carbocycles. The van der Waals surface area contributed by atoms with Crippen LogP contribution >= 0.6 is 0 Å². The summed E-state index contributed by atoms with van der Waals surface area (Å²) in [7, 11) is 0. The van der Waals surface area contributed by atoms with E-state index in [0.717, 1.165) is 32.2 Å². The molecule has 1 unspecified atom stereocenters. The summed E-state index contributed by atoms with van der Waals surface area (Å²) < 4.78 is 0. The minimum Gasteiger partial charge on any atom is -0.356 e. The molecule has 0 aromatic heterocycles. The van der Waals surface area contributed by atoms with Gasteiger partial charge in [0.25, 0.3) is 0 Å². The lowest BCUT2D eigenvalue weighted by Gasteiger charge is -2.20. The Balaban J connectivity index is 2.31. The number of hydrogen-bond acceptors (Lipinski definition) is 1. The van der Waals surface area contributed by atoms with Gasteiger partial charge in [-0.2, -0.15) is 0 Å². The summed E-state index contributed by atoms with van der Waals surface area (Å²) in [6.07, 6.45) is 8.78. The first-order chi connectivity index (χ1) is 5.34. The maximum Gasteiger partial charge on any atom is 0.223 e. The lowest BCUT2D eigenvalue weighted by atomic mass is 9.94. The van der Waals surface area contributed by atoms with Crippen LogP contribution in [0.4, 0.5) is 0 Å². The van der Waals surface area contributed by atoms with E-state index < -0.39 is 0 Å². The zero-order valence-corrected chi connectivity index (χ0v) is 6.60. The molecule has 1 N–H and O–H groups in total. The van der Waals surface area contributed by atoms with E-state index in [1.54, 1.807) is 0 Å². The molecule has 60 valence electrons. The highest BCUT2D eigenvalue weighted by molar-refractivity contribution is 5.79. The van der Waals surface area contributed by atoms with Crippen molar-refractivity contribution in [1.82, 2.24) is 5.32 Å². The summed E-state index contributed by atoms with van der Waals surface area (Å²) in [5.74, 6) is 2.92. The zero-order chi connectivity index (χ0) is 8.10. The Morgan fingerprint density at radius 3 is 3.18 bits per heavy atom. The van der Waals surface area contributed by atoms with Gasteiger partial charge in [-0.15, -0.1) is 12.3 Å². The molecule has 1 saturated heterocycles. The smallest absolute Gasteiger partial charge is 0.223 e. The number of rotatable bonds is 2. The highest BCUT2D eigenvalue weighted by Gasteiger charge is 2.20. The van der Waals surface area contributed by atoms with Crippen molar-refractivity contribution < 1.29 is 4.79 Å². The van der Waals surface area contributed by atoms with Crippen LogP contribution < -0.4 is 5.32 Å². The molecule has 0 aromatic carbocycles. The summed E-state index contributed by atoms with van der Waals surface area (Å²) in [6, 6.07) is 0. The topological polar surface area (TPSA) is 29.1 Å². The molecule has 0 saturated carbocycles. The van der Waals surface area contributed by atoms with Gasteiger partial charge in [0.05, 0.1) is 0 Å². The van der Waals surface area contributed by atoms with Gasteiger partial charge < -0.3 is 5.32 Å².